The molecule has 1 aliphatic carbocycles. The number of hydrogen-bond donors (Lipinski definition) is 1. The summed E-state index contributed by atoms with van der Waals surface area (Å²) in [5, 5.41) is 17.3. The number of nitriles is 2. The Labute approximate surface area is 115 Å². The van der Waals surface area contributed by atoms with Gasteiger partial charge < -0.3 is 10.6 Å². The fourth-order valence-corrected chi connectivity index (χ4v) is 2.79. The summed E-state index contributed by atoms with van der Waals surface area (Å²) in [5.74, 6) is 0.362. The van der Waals surface area contributed by atoms with Gasteiger partial charge in [-0.05, 0) is 18.8 Å². The van der Waals surface area contributed by atoms with E-state index in [9.17, 15) is 4.79 Å². The highest BCUT2D eigenvalue weighted by atomic mass is 16.2. The Morgan fingerprint density at radius 1 is 1.37 bits per heavy atom. The third-order valence-corrected chi connectivity index (χ3v) is 3.73. The molecule has 2 atom stereocenters. The van der Waals surface area contributed by atoms with E-state index in [0.29, 0.717) is 31.8 Å². The highest BCUT2D eigenvalue weighted by Crippen LogP contribution is 2.31. The first-order valence-electron chi connectivity index (χ1n) is 6.85. The van der Waals surface area contributed by atoms with Crippen LogP contribution in [0.2, 0.25) is 0 Å². The molecule has 5 nitrogen and oxygen atoms in total. The van der Waals surface area contributed by atoms with Crippen molar-refractivity contribution >= 4 is 5.91 Å². The maximum Gasteiger partial charge on any atom is 0.242 e. The van der Waals surface area contributed by atoms with Gasteiger partial charge in [-0.1, -0.05) is 19.8 Å². The highest BCUT2D eigenvalue weighted by Gasteiger charge is 2.40. The smallest absolute Gasteiger partial charge is 0.242 e. The van der Waals surface area contributed by atoms with Crippen molar-refractivity contribution in [3.8, 4) is 12.1 Å². The minimum absolute atomic E-state index is 0.0930. The SMILES string of the molecule is CC1CCCC(N)(C(=O)N(CCC#N)CCC#N)C1. The third-order valence-electron chi connectivity index (χ3n) is 3.73. The molecule has 0 aromatic carbocycles. The van der Waals surface area contributed by atoms with E-state index in [1.807, 2.05) is 12.1 Å². The van der Waals surface area contributed by atoms with Crippen LogP contribution in [0.15, 0.2) is 0 Å². The van der Waals surface area contributed by atoms with Crippen molar-refractivity contribution in [3.05, 3.63) is 0 Å². The Morgan fingerprint density at radius 2 is 1.95 bits per heavy atom. The Kier molecular flexibility index (Phi) is 5.79. The van der Waals surface area contributed by atoms with Crippen LogP contribution >= 0.6 is 0 Å². The first-order chi connectivity index (χ1) is 9.03. The van der Waals surface area contributed by atoms with Gasteiger partial charge >= 0.3 is 0 Å². The molecule has 0 radical (unpaired) electrons. The zero-order chi connectivity index (χ0) is 14.3. The summed E-state index contributed by atoms with van der Waals surface area (Å²) < 4.78 is 0. The molecule has 1 aliphatic rings. The number of rotatable bonds is 5. The lowest BCUT2D eigenvalue weighted by atomic mass is 9.76. The van der Waals surface area contributed by atoms with E-state index in [1.165, 1.54) is 0 Å². The monoisotopic (exact) mass is 262 g/mol. The molecule has 1 rings (SSSR count). The average Bonchev–Trinajstić information content (AvgIpc) is 2.38. The molecule has 0 bridgehead atoms. The molecule has 2 unspecified atom stereocenters. The van der Waals surface area contributed by atoms with Crippen molar-refractivity contribution in [2.45, 2.75) is 51.0 Å². The topological polar surface area (TPSA) is 93.9 Å². The lowest BCUT2D eigenvalue weighted by Gasteiger charge is -2.39. The first-order valence-corrected chi connectivity index (χ1v) is 6.85. The van der Waals surface area contributed by atoms with E-state index in [1.54, 1.807) is 4.90 Å². The van der Waals surface area contributed by atoms with Gasteiger partial charge in [-0.25, -0.2) is 0 Å². The quantitative estimate of drug-likeness (QED) is 0.813. The summed E-state index contributed by atoms with van der Waals surface area (Å²) in [7, 11) is 0. The number of amides is 1. The molecule has 0 aliphatic heterocycles. The van der Waals surface area contributed by atoms with Gasteiger partial charge in [0.2, 0.25) is 5.91 Å². The van der Waals surface area contributed by atoms with Crippen LogP contribution in [0.1, 0.15) is 45.4 Å². The molecule has 2 N–H and O–H groups in total. The minimum atomic E-state index is -0.803. The second-order valence-electron chi connectivity index (χ2n) is 5.47. The summed E-state index contributed by atoms with van der Waals surface area (Å²) in [4.78, 5) is 14.1. The second kappa shape index (κ2) is 7.11. The molecule has 5 heteroatoms. The fraction of sp³-hybridized carbons (Fsp3) is 0.786. The van der Waals surface area contributed by atoms with Crippen molar-refractivity contribution in [2.75, 3.05) is 13.1 Å². The van der Waals surface area contributed by atoms with Crippen molar-refractivity contribution in [1.82, 2.24) is 4.90 Å². The molecule has 0 saturated heterocycles. The highest BCUT2D eigenvalue weighted by molar-refractivity contribution is 5.86. The van der Waals surface area contributed by atoms with Crippen LogP contribution in [0.4, 0.5) is 0 Å². The molecule has 1 saturated carbocycles. The first kappa shape index (κ1) is 15.5. The molecule has 0 aromatic heterocycles. The van der Waals surface area contributed by atoms with E-state index in [0.717, 1.165) is 12.8 Å². The maximum atomic E-state index is 12.6. The van der Waals surface area contributed by atoms with E-state index < -0.39 is 5.54 Å². The summed E-state index contributed by atoms with van der Waals surface area (Å²) in [6, 6.07) is 4.07. The summed E-state index contributed by atoms with van der Waals surface area (Å²) >= 11 is 0. The Bertz CT molecular complexity index is 377. The second-order valence-corrected chi connectivity index (χ2v) is 5.47. The molecule has 0 heterocycles. The standard InChI is InChI=1S/C14H22N4O/c1-12-5-2-6-14(17,11-12)13(19)18(9-3-7-15)10-4-8-16/h12H,2-6,9-11,17H2,1H3. The summed E-state index contributed by atoms with van der Waals surface area (Å²) in [6.45, 7) is 2.84. The third kappa shape index (κ3) is 4.22. The summed E-state index contributed by atoms with van der Waals surface area (Å²) in [6.07, 6.45) is 4.04. The van der Waals surface area contributed by atoms with E-state index >= 15 is 0 Å². The number of nitrogens with two attached hydrogens (primary N) is 1. The van der Waals surface area contributed by atoms with Crippen LogP contribution < -0.4 is 5.73 Å². The normalized spacial score (nSPS) is 26.2. The molecule has 19 heavy (non-hydrogen) atoms. The predicted molar refractivity (Wildman–Crippen MR) is 71.6 cm³/mol. The molecule has 1 amide bonds. The van der Waals surface area contributed by atoms with Crippen LogP contribution in [0.25, 0.3) is 0 Å². The number of hydrogen-bond acceptors (Lipinski definition) is 4. The molecule has 0 spiro atoms. The van der Waals surface area contributed by atoms with Gasteiger partial charge in [-0.3, -0.25) is 4.79 Å². The average molecular weight is 262 g/mol. The molecular weight excluding hydrogens is 240 g/mol. The molecule has 1 fully saturated rings. The molecule has 104 valence electrons. The zero-order valence-corrected chi connectivity index (χ0v) is 11.6. The number of carbonyl (C=O) groups is 1. The van der Waals surface area contributed by atoms with E-state index in [-0.39, 0.29) is 18.7 Å². The maximum absolute atomic E-state index is 12.6. The lowest BCUT2D eigenvalue weighted by Crippen LogP contribution is -2.57. The van der Waals surface area contributed by atoms with Gasteiger partial charge in [0.1, 0.15) is 0 Å². The largest absolute Gasteiger partial charge is 0.339 e. The summed E-state index contributed by atoms with van der Waals surface area (Å²) in [5.41, 5.74) is 5.48. The fourth-order valence-electron chi connectivity index (χ4n) is 2.79. The zero-order valence-electron chi connectivity index (χ0n) is 11.6. The number of nitrogens with zero attached hydrogens (tertiary/aromatic N) is 3. The van der Waals surface area contributed by atoms with Crippen molar-refractivity contribution in [2.24, 2.45) is 11.7 Å². The molecular formula is C14H22N4O. The van der Waals surface area contributed by atoms with Crippen LogP contribution in [0.3, 0.4) is 0 Å². The lowest BCUT2D eigenvalue weighted by molar-refractivity contribution is -0.138. The van der Waals surface area contributed by atoms with E-state index in [4.69, 9.17) is 16.3 Å². The van der Waals surface area contributed by atoms with Crippen molar-refractivity contribution < 1.29 is 4.79 Å². The Hall–Kier alpha value is -1.59. The van der Waals surface area contributed by atoms with Crippen molar-refractivity contribution in [3.63, 3.8) is 0 Å². The molecule has 0 aromatic rings. The van der Waals surface area contributed by atoms with Gasteiger partial charge in [0.05, 0.1) is 30.5 Å². The number of carbonyl (C=O) groups excluding carboxylic acids is 1. The van der Waals surface area contributed by atoms with Crippen LogP contribution in [-0.4, -0.2) is 29.4 Å². The minimum Gasteiger partial charge on any atom is -0.339 e. The van der Waals surface area contributed by atoms with Gasteiger partial charge in [0.15, 0.2) is 0 Å². The van der Waals surface area contributed by atoms with Crippen LogP contribution in [-0.2, 0) is 4.79 Å². The van der Waals surface area contributed by atoms with Crippen LogP contribution in [0, 0.1) is 28.6 Å². The van der Waals surface area contributed by atoms with Gasteiger partial charge in [0, 0.05) is 13.1 Å². The van der Waals surface area contributed by atoms with Crippen LogP contribution in [0.5, 0.6) is 0 Å². The van der Waals surface area contributed by atoms with Gasteiger partial charge in [0.25, 0.3) is 0 Å². The van der Waals surface area contributed by atoms with Gasteiger partial charge in [-0.2, -0.15) is 10.5 Å². The predicted octanol–water partition coefficient (Wildman–Crippen LogP) is 1.55. The van der Waals surface area contributed by atoms with Gasteiger partial charge in [-0.15, -0.1) is 0 Å². The van der Waals surface area contributed by atoms with Crippen molar-refractivity contribution in [1.29, 1.82) is 10.5 Å². The Morgan fingerprint density at radius 3 is 2.42 bits per heavy atom. The Balaban J connectivity index is 2.73. The van der Waals surface area contributed by atoms with E-state index in [2.05, 4.69) is 6.92 Å².